The van der Waals surface area contributed by atoms with E-state index >= 15 is 0 Å². The molecule has 0 spiro atoms. The lowest BCUT2D eigenvalue weighted by atomic mass is 9.85. The van der Waals surface area contributed by atoms with Gasteiger partial charge in [0.1, 0.15) is 0 Å². The maximum atomic E-state index is 10.2. The lowest BCUT2D eigenvalue weighted by Gasteiger charge is -2.32. The minimum atomic E-state index is -0.403. The molecule has 0 unspecified atom stereocenters. The van der Waals surface area contributed by atoms with Gasteiger partial charge in [-0.05, 0) is 52.9 Å². The molecule has 1 aliphatic carbocycles. The third-order valence-corrected chi connectivity index (χ3v) is 3.45. The van der Waals surface area contributed by atoms with E-state index in [9.17, 15) is 5.11 Å². The zero-order valence-electron chi connectivity index (χ0n) is 11.0. The van der Waals surface area contributed by atoms with E-state index < -0.39 is 5.60 Å². The number of aliphatic hydroxyl groups is 1. The van der Waals surface area contributed by atoms with Gasteiger partial charge in [-0.25, -0.2) is 0 Å². The Morgan fingerprint density at radius 3 is 2.44 bits per heavy atom. The topological polar surface area (TPSA) is 35.5 Å². The lowest BCUT2D eigenvalue weighted by Crippen LogP contribution is -2.42. The van der Waals surface area contributed by atoms with Gasteiger partial charge in [0.05, 0.1) is 5.60 Å². The Hall–Kier alpha value is -0.120. The van der Waals surface area contributed by atoms with Crippen LogP contribution in [0.1, 0.15) is 44.9 Å². The van der Waals surface area contributed by atoms with Gasteiger partial charge >= 0.3 is 0 Å². The second kappa shape index (κ2) is 7.25. The van der Waals surface area contributed by atoms with Crippen molar-refractivity contribution in [1.29, 1.82) is 0 Å². The maximum absolute atomic E-state index is 10.2. The Morgan fingerprint density at radius 2 is 1.81 bits per heavy atom. The second-order valence-electron chi connectivity index (χ2n) is 5.47. The summed E-state index contributed by atoms with van der Waals surface area (Å²) in [6, 6.07) is 0. The number of hydrogen-bond donors (Lipinski definition) is 2. The molecule has 0 radical (unpaired) electrons. The molecule has 1 saturated carbocycles. The summed E-state index contributed by atoms with van der Waals surface area (Å²) < 4.78 is 0. The Morgan fingerprint density at radius 1 is 1.12 bits per heavy atom. The van der Waals surface area contributed by atoms with Crippen molar-refractivity contribution in [2.75, 3.05) is 33.7 Å². The Labute approximate surface area is 100 Å². The molecule has 3 nitrogen and oxygen atoms in total. The van der Waals surface area contributed by atoms with Crippen molar-refractivity contribution < 1.29 is 5.11 Å². The van der Waals surface area contributed by atoms with E-state index in [1.165, 1.54) is 32.1 Å². The third-order valence-electron chi connectivity index (χ3n) is 3.45. The molecule has 0 saturated heterocycles. The molecule has 16 heavy (non-hydrogen) atoms. The average molecular weight is 228 g/mol. The minimum absolute atomic E-state index is 0.403. The summed E-state index contributed by atoms with van der Waals surface area (Å²) in [7, 11) is 4.22. The normalized spacial score (nSPS) is 20.2. The van der Waals surface area contributed by atoms with Gasteiger partial charge in [-0.3, -0.25) is 0 Å². The number of rotatable bonds is 7. The number of nitrogens with one attached hydrogen (secondary N) is 1. The largest absolute Gasteiger partial charge is 0.389 e. The van der Waals surface area contributed by atoms with E-state index in [1.54, 1.807) is 0 Å². The van der Waals surface area contributed by atoms with Crippen LogP contribution < -0.4 is 5.32 Å². The van der Waals surface area contributed by atoms with Gasteiger partial charge in [0.15, 0.2) is 0 Å². The van der Waals surface area contributed by atoms with Crippen LogP contribution in [0.25, 0.3) is 0 Å². The highest BCUT2D eigenvalue weighted by Crippen LogP contribution is 2.27. The van der Waals surface area contributed by atoms with Crippen LogP contribution in [0.5, 0.6) is 0 Å². The minimum Gasteiger partial charge on any atom is -0.389 e. The summed E-state index contributed by atoms with van der Waals surface area (Å²) in [4.78, 5) is 2.22. The van der Waals surface area contributed by atoms with Gasteiger partial charge in [0.2, 0.25) is 0 Å². The zero-order valence-corrected chi connectivity index (χ0v) is 11.0. The van der Waals surface area contributed by atoms with E-state index in [2.05, 4.69) is 24.3 Å². The fourth-order valence-electron chi connectivity index (χ4n) is 2.39. The third kappa shape index (κ3) is 5.83. The summed E-state index contributed by atoms with van der Waals surface area (Å²) in [6.07, 6.45) is 8.09. The summed E-state index contributed by atoms with van der Waals surface area (Å²) in [6.45, 7) is 2.98. The SMILES string of the molecule is CN(C)CCCCNCC1(O)CCCCC1. The van der Waals surface area contributed by atoms with E-state index in [0.717, 1.165) is 32.5 Å². The van der Waals surface area contributed by atoms with Crippen molar-refractivity contribution in [1.82, 2.24) is 10.2 Å². The van der Waals surface area contributed by atoms with Crippen LogP contribution in [0.3, 0.4) is 0 Å². The van der Waals surface area contributed by atoms with Crippen LogP contribution >= 0.6 is 0 Å². The first kappa shape index (κ1) is 13.9. The molecule has 0 amide bonds. The molecule has 0 bridgehead atoms. The van der Waals surface area contributed by atoms with Gasteiger partial charge in [0, 0.05) is 6.54 Å². The van der Waals surface area contributed by atoms with E-state index in [1.807, 2.05) is 0 Å². The smallest absolute Gasteiger partial charge is 0.0771 e. The van der Waals surface area contributed by atoms with Crippen LogP contribution in [-0.2, 0) is 0 Å². The molecule has 2 N–H and O–H groups in total. The van der Waals surface area contributed by atoms with Gasteiger partial charge in [-0.15, -0.1) is 0 Å². The van der Waals surface area contributed by atoms with E-state index in [-0.39, 0.29) is 0 Å². The second-order valence-corrected chi connectivity index (χ2v) is 5.47. The molecule has 0 aromatic rings. The summed E-state index contributed by atoms with van der Waals surface area (Å²) >= 11 is 0. The monoisotopic (exact) mass is 228 g/mol. The molecule has 0 heterocycles. The van der Waals surface area contributed by atoms with Crippen molar-refractivity contribution in [2.45, 2.75) is 50.5 Å². The number of hydrogen-bond acceptors (Lipinski definition) is 3. The molecule has 1 rings (SSSR count). The highest BCUT2D eigenvalue weighted by atomic mass is 16.3. The fourth-order valence-corrected chi connectivity index (χ4v) is 2.39. The standard InChI is InChI=1S/C13H28N2O/c1-15(2)11-7-6-10-14-12-13(16)8-4-3-5-9-13/h14,16H,3-12H2,1-2H3. The number of unbranched alkanes of at least 4 members (excludes halogenated alkanes) is 1. The first-order chi connectivity index (χ1) is 7.62. The number of nitrogens with zero attached hydrogens (tertiary/aromatic N) is 1. The molecule has 0 aliphatic heterocycles. The molecule has 1 fully saturated rings. The Kier molecular flexibility index (Phi) is 6.32. The molecular weight excluding hydrogens is 200 g/mol. The van der Waals surface area contributed by atoms with Crippen LogP contribution in [0.2, 0.25) is 0 Å². The van der Waals surface area contributed by atoms with Gasteiger partial charge in [-0.1, -0.05) is 19.3 Å². The molecular formula is C13H28N2O. The summed E-state index contributed by atoms with van der Waals surface area (Å²) in [5.74, 6) is 0. The Bertz CT molecular complexity index is 177. The molecule has 96 valence electrons. The van der Waals surface area contributed by atoms with E-state index in [0.29, 0.717) is 0 Å². The van der Waals surface area contributed by atoms with Crippen molar-refractivity contribution in [3.63, 3.8) is 0 Å². The molecule has 0 atom stereocenters. The Balaban J connectivity index is 1.97. The van der Waals surface area contributed by atoms with Crippen molar-refractivity contribution in [3.8, 4) is 0 Å². The maximum Gasteiger partial charge on any atom is 0.0771 e. The van der Waals surface area contributed by atoms with Crippen LogP contribution in [0.15, 0.2) is 0 Å². The zero-order chi connectivity index (χ0) is 11.9. The predicted octanol–water partition coefficient (Wildman–Crippen LogP) is 1.61. The van der Waals surface area contributed by atoms with Gasteiger partial charge < -0.3 is 15.3 Å². The molecule has 0 aromatic carbocycles. The van der Waals surface area contributed by atoms with E-state index in [4.69, 9.17) is 0 Å². The molecule has 3 heteroatoms. The van der Waals surface area contributed by atoms with Crippen LogP contribution in [0, 0.1) is 0 Å². The van der Waals surface area contributed by atoms with Crippen LogP contribution in [-0.4, -0.2) is 49.3 Å². The average Bonchev–Trinajstić information content (AvgIpc) is 2.24. The van der Waals surface area contributed by atoms with Crippen LogP contribution in [0.4, 0.5) is 0 Å². The highest BCUT2D eigenvalue weighted by molar-refractivity contribution is 4.84. The van der Waals surface area contributed by atoms with Gasteiger partial charge in [-0.2, -0.15) is 0 Å². The lowest BCUT2D eigenvalue weighted by molar-refractivity contribution is 0.00502. The van der Waals surface area contributed by atoms with Gasteiger partial charge in [0.25, 0.3) is 0 Å². The fraction of sp³-hybridized carbons (Fsp3) is 1.00. The summed E-state index contributed by atoms with van der Waals surface area (Å²) in [5, 5.41) is 13.6. The molecule has 1 aliphatic rings. The predicted molar refractivity (Wildman–Crippen MR) is 68.7 cm³/mol. The molecule has 0 aromatic heterocycles. The first-order valence-electron chi connectivity index (χ1n) is 6.70. The first-order valence-corrected chi connectivity index (χ1v) is 6.70. The highest BCUT2D eigenvalue weighted by Gasteiger charge is 2.28. The van der Waals surface area contributed by atoms with Crippen molar-refractivity contribution >= 4 is 0 Å². The van der Waals surface area contributed by atoms with Crippen molar-refractivity contribution in [3.05, 3.63) is 0 Å². The van der Waals surface area contributed by atoms with Crippen molar-refractivity contribution in [2.24, 2.45) is 0 Å². The summed E-state index contributed by atoms with van der Waals surface area (Å²) in [5.41, 5.74) is -0.403. The quantitative estimate of drug-likeness (QED) is 0.650.